The molecule has 1 fully saturated rings. The fourth-order valence-electron chi connectivity index (χ4n) is 3.92. The molecule has 34 heavy (non-hydrogen) atoms. The van der Waals surface area contributed by atoms with Crippen molar-refractivity contribution in [2.24, 2.45) is 0 Å². The minimum Gasteiger partial charge on any atom is -0.367 e. The molecule has 0 bridgehead atoms. The van der Waals surface area contributed by atoms with Gasteiger partial charge in [-0.25, -0.2) is 12.8 Å². The van der Waals surface area contributed by atoms with E-state index in [-0.39, 0.29) is 17.0 Å². The van der Waals surface area contributed by atoms with E-state index >= 15 is 0 Å². The lowest BCUT2D eigenvalue weighted by molar-refractivity contribution is 0.0950. The van der Waals surface area contributed by atoms with Gasteiger partial charge in [-0.1, -0.05) is 36.4 Å². The Labute approximate surface area is 199 Å². The van der Waals surface area contributed by atoms with Crippen molar-refractivity contribution < 1.29 is 17.6 Å². The number of anilines is 2. The van der Waals surface area contributed by atoms with Crippen molar-refractivity contribution in [2.45, 2.75) is 18.4 Å². The van der Waals surface area contributed by atoms with Crippen LogP contribution < -0.4 is 20.3 Å². The van der Waals surface area contributed by atoms with Crippen LogP contribution in [0.15, 0.2) is 71.6 Å². The number of amides is 1. The highest BCUT2D eigenvalue weighted by atomic mass is 32.2. The van der Waals surface area contributed by atoms with Gasteiger partial charge >= 0.3 is 0 Å². The van der Waals surface area contributed by atoms with Crippen LogP contribution in [0.25, 0.3) is 0 Å². The van der Waals surface area contributed by atoms with E-state index in [0.717, 1.165) is 13.1 Å². The van der Waals surface area contributed by atoms with Crippen molar-refractivity contribution in [1.29, 1.82) is 0 Å². The van der Waals surface area contributed by atoms with E-state index in [2.05, 4.69) is 20.3 Å². The minimum atomic E-state index is -3.88. The number of hydrogen-bond acceptors (Lipinski definition) is 5. The number of halogens is 1. The molecule has 3 aromatic carbocycles. The summed E-state index contributed by atoms with van der Waals surface area (Å²) in [5.74, 6) is -0.824. The molecule has 178 valence electrons. The maximum Gasteiger partial charge on any atom is 0.262 e. The largest absolute Gasteiger partial charge is 0.367 e. The smallest absolute Gasteiger partial charge is 0.262 e. The summed E-state index contributed by atoms with van der Waals surface area (Å²) in [6, 6.07) is 17.9. The highest BCUT2D eigenvalue weighted by Crippen LogP contribution is 2.30. The molecule has 0 aromatic heterocycles. The van der Waals surface area contributed by atoms with E-state index < -0.39 is 21.7 Å². The van der Waals surface area contributed by atoms with Gasteiger partial charge in [-0.05, 0) is 42.8 Å². The van der Waals surface area contributed by atoms with Gasteiger partial charge in [-0.2, -0.15) is 0 Å². The van der Waals surface area contributed by atoms with Crippen molar-refractivity contribution in [3.05, 3.63) is 89.2 Å². The monoisotopic (exact) mass is 482 g/mol. The molecular formula is C25H27FN4O3S. The summed E-state index contributed by atoms with van der Waals surface area (Å²) in [5, 5.41) is 5.98. The van der Waals surface area contributed by atoms with Gasteiger partial charge in [-0.3, -0.25) is 9.52 Å². The minimum absolute atomic E-state index is 0.0231. The predicted molar refractivity (Wildman–Crippen MR) is 131 cm³/mol. The van der Waals surface area contributed by atoms with Gasteiger partial charge < -0.3 is 15.5 Å². The molecule has 7 nitrogen and oxygen atoms in total. The fourth-order valence-corrected chi connectivity index (χ4v) is 5.23. The normalized spacial score (nSPS) is 14.0. The van der Waals surface area contributed by atoms with Crippen molar-refractivity contribution in [3.63, 3.8) is 0 Å². The standard InChI is InChI=1S/C25H27FN4O3S/c1-18-6-2-5-9-24(18)34(32,33)29-22-16-19(10-11-23(22)30-14-12-27-13-15-30)25(31)28-17-20-7-3-4-8-21(20)26/h2-11,16,27,29H,12-15,17H2,1H3,(H,28,31). The average Bonchev–Trinajstić information content (AvgIpc) is 2.84. The number of sulfonamides is 1. The predicted octanol–water partition coefficient (Wildman–Crippen LogP) is 3.27. The van der Waals surface area contributed by atoms with Crippen molar-refractivity contribution in [1.82, 2.24) is 10.6 Å². The molecule has 0 spiro atoms. The van der Waals surface area contributed by atoms with E-state index in [4.69, 9.17) is 0 Å². The zero-order valence-electron chi connectivity index (χ0n) is 18.8. The van der Waals surface area contributed by atoms with E-state index in [9.17, 15) is 17.6 Å². The molecule has 4 rings (SSSR count). The van der Waals surface area contributed by atoms with Gasteiger partial charge in [-0.15, -0.1) is 0 Å². The van der Waals surface area contributed by atoms with Gasteiger partial charge in [0.15, 0.2) is 0 Å². The lowest BCUT2D eigenvalue weighted by Crippen LogP contribution is -2.43. The highest BCUT2D eigenvalue weighted by molar-refractivity contribution is 7.92. The second-order valence-electron chi connectivity index (χ2n) is 8.11. The Balaban J connectivity index is 1.63. The summed E-state index contributed by atoms with van der Waals surface area (Å²) in [6.07, 6.45) is 0. The number of carbonyl (C=O) groups excluding carboxylic acids is 1. The maximum atomic E-state index is 13.9. The lowest BCUT2D eigenvalue weighted by atomic mass is 10.1. The summed E-state index contributed by atoms with van der Waals surface area (Å²) in [4.78, 5) is 15.1. The van der Waals surface area contributed by atoms with Gasteiger partial charge in [0.1, 0.15) is 5.82 Å². The Morgan fingerprint density at radius 3 is 2.47 bits per heavy atom. The number of nitrogens with one attached hydrogen (secondary N) is 3. The molecular weight excluding hydrogens is 455 g/mol. The van der Waals surface area contributed by atoms with Gasteiger partial charge in [0, 0.05) is 43.9 Å². The second kappa shape index (κ2) is 10.2. The number of aryl methyl sites for hydroxylation is 1. The Bertz CT molecular complexity index is 1290. The summed E-state index contributed by atoms with van der Waals surface area (Å²) in [7, 11) is -3.88. The van der Waals surface area contributed by atoms with Gasteiger partial charge in [0.25, 0.3) is 15.9 Å². The number of nitrogens with zero attached hydrogens (tertiary/aromatic N) is 1. The molecule has 0 aliphatic carbocycles. The van der Waals surface area contributed by atoms with Gasteiger partial charge in [0.2, 0.25) is 0 Å². The molecule has 1 amide bonds. The Morgan fingerprint density at radius 1 is 1.03 bits per heavy atom. The van der Waals surface area contributed by atoms with Crippen LogP contribution in [0.1, 0.15) is 21.5 Å². The number of piperazine rings is 1. The van der Waals surface area contributed by atoms with Crippen molar-refractivity contribution in [2.75, 3.05) is 35.8 Å². The van der Waals surface area contributed by atoms with Crippen molar-refractivity contribution in [3.8, 4) is 0 Å². The Kier molecular flexibility index (Phi) is 7.14. The van der Waals surface area contributed by atoms with E-state index in [1.807, 2.05) is 0 Å². The van der Waals surface area contributed by atoms with E-state index in [1.54, 1.807) is 61.5 Å². The number of hydrogen-bond donors (Lipinski definition) is 3. The van der Waals surface area contributed by atoms with Gasteiger partial charge in [0.05, 0.1) is 16.3 Å². The summed E-state index contributed by atoms with van der Waals surface area (Å²) in [6.45, 7) is 4.72. The third-order valence-electron chi connectivity index (χ3n) is 5.74. The SMILES string of the molecule is Cc1ccccc1S(=O)(=O)Nc1cc(C(=O)NCc2ccccc2F)ccc1N1CCNCC1. The first-order valence-electron chi connectivity index (χ1n) is 11.0. The molecule has 3 N–H and O–H groups in total. The van der Waals surface area contributed by atoms with Crippen molar-refractivity contribution >= 4 is 27.3 Å². The molecule has 0 radical (unpaired) electrons. The summed E-state index contributed by atoms with van der Waals surface area (Å²) in [5.41, 5.74) is 2.29. The highest BCUT2D eigenvalue weighted by Gasteiger charge is 2.22. The molecule has 1 aliphatic rings. The molecule has 9 heteroatoms. The first-order chi connectivity index (χ1) is 16.3. The Morgan fingerprint density at radius 2 is 1.74 bits per heavy atom. The van der Waals surface area contributed by atoms with Crippen LogP contribution in [-0.4, -0.2) is 40.5 Å². The van der Waals surface area contributed by atoms with Crippen LogP contribution >= 0.6 is 0 Å². The maximum absolute atomic E-state index is 13.9. The van der Waals surface area contributed by atoms with Crippen LogP contribution in [0.3, 0.4) is 0 Å². The second-order valence-corrected chi connectivity index (χ2v) is 9.76. The van der Waals surface area contributed by atoms with Crippen LogP contribution in [0.2, 0.25) is 0 Å². The molecule has 3 aromatic rings. The van der Waals surface area contributed by atoms with E-state index in [0.29, 0.717) is 35.6 Å². The zero-order valence-corrected chi connectivity index (χ0v) is 19.7. The third kappa shape index (κ3) is 5.37. The van der Waals surface area contributed by atoms with Crippen LogP contribution in [0.5, 0.6) is 0 Å². The van der Waals surface area contributed by atoms with E-state index in [1.165, 1.54) is 12.1 Å². The van der Waals surface area contributed by atoms with Crippen LogP contribution in [0.4, 0.5) is 15.8 Å². The zero-order chi connectivity index (χ0) is 24.1. The fraction of sp³-hybridized carbons (Fsp3) is 0.240. The molecule has 1 heterocycles. The Hall–Kier alpha value is -3.43. The lowest BCUT2D eigenvalue weighted by Gasteiger charge is -2.31. The number of benzene rings is 3. The molecule has 0 saturated carbocycles. The molecule has 0 atom stereocenters. The molecule has 1 saturated heterocycles. The summed E-state index contributed by atoms with van der Waals surface area (Å²) < 4.78 is 43.0. The quantitative estimate of drug-likeness (QED) is 0.481. The topological polar surface area (TPSA) is 90.5 Å². The van der Waals surface area contributed by atoms with Crippen LogP contribution in [-0.2, 0) is 16.6 Å². The molecule has 0 unspecified atom stereocenters. The first-order valence-corrected chi connectivity index (χ1v) is 12.5. The first kappa shape index (κ1) is 23.7. The third-order valence-corrected chi connectivity index (χ3v) is 7.27. The molecule has 1 aliphatic heterocycles. The number of carbonyl (C=O) groups is 1. The average molecular weight is 483 g/mol. The summed E-state index contributed by atoms with van der Waals surface area (Å²) >= 11 is 0. The van der Waals surface area contributed by atoms with Crippen LogP contribution in [0, 0.1) is 12.7 Å². The number of rotatable bonds is 7.